The third kappa shape index (κ3) is 5.45. The van der Waals surface area contributed by atoms with Gasteiger partial charge < -0.3 is 9.84 Å². The van der Waals surface area contributed by atoms with Crippen LogP contribution in [0.25, 0.3) is 0 Å². The number of carboxylic acid groups (broad SMARTS) is 1. The molecule has 0 heterocycles. The zero-order valence-corrected chi connectivity index (χ0v) is 13.2. The van der Waals surface area contributed by atoms with E-state index in [0.717, 1.165) is 0 Å². The summed E-state index contributed by atoms with van der Waals surface area (Å²) in [5.41, 5.74) is 0.705. The van der Waals surface area contributed by atoms with Crippen LogP contribution in [0, 0.1) is 5.92 Å². The Hall–Kier alpha value is -1.44. The largest absolute Gasteiger partial charge is 0.480 e. The fourth-order valence-electron chi connectivity index (χ4n) is 1.90. The summed E-state index contributed by atoms with van der Waals surface area (Å²) in [6.07, 6.45) is 0.228. The minimum absolute atomic E-state index is 0.0343. The van der Waals surface area contributed by atoms with Gasteiger partial charge in [0, 0.05) is 7.11 Å². The Bertz CT molecular complexity index is 583. The van der Waals surface area contributed by atoms with E-state index >= 15 is 0 Å². The van der Waals surface area contributed by atoms with E-state index in [0.29, 0.717) is 5.56 Å². The maximum absolute atomic E-state index is 12.3. The van der Waals surface area contributed by atoms with Gasteiger partial charge in [-0.05, 0) is 30.0 Å². The molecule has 1 aromatic rings. The summed E-state index contributed by atoms with van der Waals surface area (Å²) in [5.74, 6) is -1.12. The quantitative estimate of drug-likeness (QED) is 0.760. The van der Waals surface area contributed by atoms with Gasteiger partial charge in [-0.3, -0.25) is 4.79 Å². The lowest BCUT2D eigenvalue weighted by Crippen LogP contribution is -2.41. The Kier molecular flexibility index (Phi) is 6.32. The van der Waals surface area contributed by atoms with Crippen molar-refractivity contribution in [2.24, 2.45) is 5.92 Å². The van der Waals surface area contributed by atoms with Crippen molar-refractivity contribution in [2.45, 2.75) is 37.8 Å². The molecule has 7 heteroatoms. The molecule has 0 fully saturated rings. The van der Waals surface area contributed by atoms with Crippen molar-refractivity contribution < 1.29 is 23.1 Å². The molecule has 118 valence electrons. The topological polar surface area (TPSA) is 92.7 Å². The maximum atomic E-state index is 12.3. The molecule has 1 atom stereocenters. The van der Waals surface area contributed by atoms with Crippen LogP contribution in [0.15, 0.2) is 29.2 Å². The second-order valence-electron chi connectivity index (χ2n) is 5.22. The fourth-order valence-corrected chi connectivity index (χ4v) is 3.17. The van der Waals surface area contributed by atoms with E-state index in [9.17, 15) is 13.2 Å². The van der Waals surface area contributed by atoms with E-state index in [1.54, 1.807) is 12.1 Å². The van der Waals surface area contributed by atoms with Crippen molar-refractivity contribution in [3.8, 4) is 0 Å². The molecule has 0 saturated heterocycles. The van der Waals surface area contributed by atoms with E-state index in [1.807, 2.05) is 13.8 Å². The molecular weight excluding hydrogens is 294 g/mol. The number of sulfonamides is 1. The maximum Gasteiger partial charge on any atom is 0.321 e. The monoisotopic (exact) mass is 315 g/mol. The van der Waals surface area contributed by atoms with Crippen LogP contribution in [0.5, 0.6) is 0 Å². The average molecular weight is 315 g/mol. The van der Waals surface area contributed by atoms with E-state index in [-0.39, 0.29) is 23.8 Å². The summed E-state index contributed by atoms with van der Waals surface area (Å²) in [6, 6.07) is 5.10. The minimum Gasteiger partial charge on any atom is -0.480 e. The smallest absolute Gasteiger partial charge is 0.321 e. The number of hydrogen-bond acceptors (Lipinski definition) is 4. The summed E-state index contributed by atoms with van der Waals surface area (Å²) in [6.45, 7) is 3.96. The summed E-state index contributed by atoms with van der Waals surface area (Å²) < 4.78 is 31.7. The SMILES string of the molecule is COCc1cccc(S(=O)(=O)N[C@H](CC(C)C)C(=O)O)c1. The average Bonchev–Trinajstić information content (AvgIpc) is 2.38. The molecule has 0 aliphatic heterocycles. The molecular formula is C14H21NO5S. The zero-order valence-electron chi connectivity index (χ0n) is 12.4. The number of carbonyl (C=O) groups is 1. The molecule has 2 N–H and O–H groups in total. The zero-order chi connectivity index (χ0) is 16.0. The Labute approximate surface area is 125 Å². The number of ether oxygens (including phenoxy) is 1. The molecule has 1 aromatic carbocycles. The van der Waals surface area contributed by atoms with Gasteiger partial charge in [-0.2, -0.15) is 4.72 Å². The molecule has 1 rings (SSSR count). The Morgan fingerprint density at radius 3 is 2.57 bits per heavy atom. The van der Waals surface area contributed by atoms with Crippen molar-refractivity contribution in [1.29, 1.82) is 0 Å². The molecule has 6 nitrogen and oxygen atoms in total. The fraction of sp³-hybridized carbons (Fsp3) is 0.500. The van der Waals surface area contributed by atoms with Crippen LogP contribution >= 0.6 is 0 Å². The molecule has 0 unspecified atom stereocenters. The predicted molar refractivity (Wildman–Crippen MR) is 78.4 cm³/mol. The van der Waals surface area contributed by atoms with E-state index < -0.39 is 22.0 Å². The van der Waals surface area contributed by atoms with Crippen molar-refractivity contribution >= 4 is 16.0 Å². The molecule has 0 aromatic heterocycles. The summed E-state index contributed by atoms with van der Waals surface area (Å²) in [4.78, 5) is 11.2. The second-order valence-corrected chi connectivity index (χ2v) is 6.94. The first-order valence-electron chi connectivity index (χ1n) is 6.59. The Balaban J connectivity index is 2.98. The highest BCUT2D eigenvalue weighted by atomic mass is 32.2. The van der Waals surface area contributed by atoms with Crippen molar-refractivity contribution in [3.63, 3.8) is 0 Å². The number of rotatable bonds is 8. The first-order valence-corrected chi connectivity index (χ1v) is 8.07. The van der Waals surface area contributed by atoms with Gasteiger partial charge >= 0.3 is 5.97 Å². The van der Waals surface area contributed by atoms with Crippen LogP contribution in [0.1, 0.15) is 25.8 Å². The van der Waals surface area contributed by atoms with Crippen LogP contribution in [0.4, 0.5) is 0 Å². The van der Waals surface area contributed by atoms with Gasteiger partial charge in [-0.1, -0.05) is 26.0 Å². The molecule has 0 amide bonds. The Morgan fingerprint density at radius 1 is 1.38 bits per heavy atom. The van der Waals surface area contributed by atoms with E-state index in [1.165, 1.54) is 19.2 Å². The summed E-state index contributed by atoms with van der Waals surface area (Å²) >= 11 is 0. The first-order chi connectivity index (χ1) is 9.76. The van der Waals surface area contributed by atoms with Crippen molar-refractivity contribution in [1.82, 2.24) is 4.72 Å². The molecule has 0 bridgehead atoms. The normalized spacial score (nSPS) is 13.3. The van der Waals surface area contributed by atoms with Gasteiger partial charge in [0.15, 0.2) is 0 Å². The molecule has 0 aliphatic carbocycles. The minimum atomic E-state index is -3.88. The number of nitrogens with one attached hydrogen (secondary N) is 1. The molecule has 0 radical (unpaired) electrons. The van der Waals surface area contributed by atoms with Crippen molar-refractivity contribution in [2.75, 3.05) is 7.11 Å². The predicted octanol–water partition coefficient (Wildman–Crippen LogP) is 1.61. The van der Waals surface area contributed by atoms with Crippen LogP contribution in [0.2, 0.25) is 0 Å². The number of carboxylic acids is 1. The molecule has 21 heavy (non-hydrogen) atoms. The van der Waals surface area contributed by atoms with Gasteiger partial charge in [0.25, 0.3) is 0 Å². The lowest BCUT2D eigenvalue weighted by atomic mass is 10.1. The Morgan fingerprint density at radius 2 is 2.05 bits per heavy atom. The lowest BCUT2D eigenvalue weighted by Gasteiger charge is -2.17. The number of benzene rings is 1. The number of methoxy groups -OCH3 is 1. The second kappa shape index (κ2) is 7.53. The van der Waals surface area contributed by atoms with Gasteiger partial charge in [-0.25, -0.2) is 8.42 Å². The standard InChI is InChI=1S/C14H21NO5S/c1-10(2)7-13(14(16)17)15-21(18,19)12-6-4-5-11(8-12)9-20-3/h4-6,8,10,13,15H,7,9H2,1-3H3,(H,16,17)/t13-/m1/s1. The van der Waals surface area contributed by atoms with Crippen LogP contribution in [-0.4, -0.2) is 32.6 Å². The van der Waals surface area contributed by atoms with E-state index in [4.69, 9.17) is 9.84 Å². The first kappa shape index (κ1) is 17.6. The van der Waals surface area contributed by atoms with Gasteiger partial charge in [0.2, 0.25) is 10.0 Å². The number of aliphatic carboxylic acids is 1. The van der Waals surface area contributed by atoms with Gasteiger partial charge in [-0.15, -0.1) is 0 Å². The number of hydrogen-bond donors (Lipinski definition) is 2. The third-order valence-electron chi connectivity index (χ3n) is 2.82. The van der Waals surface area contributed by atoms with E-state index in [2.05, 4.69) is 4.72 Å². The van der Waals surface area contributed by atoms with Crippen LogP contribution < -0.4 is 4.72 Å². The molecule has 0 spiro atoms. The van der Waals surface area contributed by atoms with Crippen LogP contribution in [-0.2, 0) is 26.2 Å². The third-order valence-corrected chi connectivity index (χ3v) is 4.29. The summed E-state index contributed by atoms with van der Waals surface area (Å²) in [7, 11) is -2.36. The highest BCUT2D eigenvalue weighted by Gasteiger charge is 2.26. The highest BCUT2D eigenvalue weighted by Crippen LogP contribution is 2.14. The highest BCUT2D eigenvalue weighted by molar-refractivity contribution is 7.89. The van der Waals surface area contributed by atoms with Crippen molar-refractivity contribution in [3.05, 3.63) is 29.8 Å². The molecule has 0 saturated carbocycles. The summed E-state index contributed by atoms with van der Waals surface area (Å²) in [5, 5.41) is 9.12. The van der Waals surface area contributed by atoms with Gasteiger partial charge in [0.1, 0.15) is 6.04 Å². The van der Waals surface area contributed by atoms with Gasteiger partial charge in [0.05, 0.1) is 11.5 Å². The molecule has 0 aliphatic rings. The van der Waals surface area contributed by atoms with Crippen LogP contribution in [0.3, 0.4) is 0 Å². The lowest BCUT2D eigenvalue weighted by molar-refractivity contribution is -0.139.